The third kappa shape index (κ3) is 3.47. The Morgan fingerprint density at radius 3 is 2.55 bits per heavy atom. The molecule has 1 heterocycles. The number of hydrazine groups is 1. The Morgan fingerprint density at radius 1 is 1.25 bits per heavy atom. The highest BCUT2D eigenvalue weighted by Crippen LogP contribution is 2.28. The van der Waals surface area contributed by atoms with Crippen molar-refractivity contribution >= 4 is 11.9 Å². The maximum Gasteiger partial charge on any atom is 0.323 e. The van der Waals surface area contributed by atoms with Gasteiger partial charge in [-0.25, -0.2) is 5.84 Å². The molecule has 0 radical (unpaired) electrons. The second-order valence-electron chi connectivity index (χ2n) is 5.34. The molecule has 0 bridgehead atoms. The number of nitrogens with two attached hydrogens (primary N) is 1. The predicted molar refractivity (Wildman–Crippen MR) is 78.6 cm³/mol. The van der Waals surface area contributed by atoms with E-state index in [0.717, 1.165) is 5.92 Å². The minimum atomic E-state index is 0.307. The minimum absolute atomic E-state index is 0.307. The molecule has 0 aromatic carbocycles. The van der Waals surface area contributed by atoms with Crippen LogP contribution in [0.1, 0.15) is 39.5 Å². The minimum Gasteiger partial charge on any atom is -0.464 e. The van der Waals surface area contributed by atoms with E-state index >= 15 is 0 Å². The molecule has 2 rings (SSSR count). The molecular weight excluding hydrogens is 256 g/mol. The Hall–Kier alpha value is -1.63. The molecule has 0 amide bonds. The molecule has 7 nitrogen and oxygen atoms in total. The lowest BCUT2D eigenvalue weighted by molar-refractivity contribution is 0.309. The third-order valence-electron chi connectivity index (χ3n) is 3.85. The van der Waals surface area contributed by atoms with E-state index in [9.17, 15) is 0 Å². The summed E-state index contributed by atoms with van der Waals surface area (Å²) >= 11 is 0. The first kappa shape index (κ1) is 14.8. The molecule has 1 aliphatic carbocycles. The molecule has 0 atom stereocenters. The number of rotatable bonds is 5. The molecule has 0 saturated heterocycles. The summed E-state index contributed by atoms with van der Waals surface area (Å²) in [7, 11) is 2.02. The van der Waals surface area contributed by atoms with Gasteiger partial charge in [-0.1, -0.05) is 6.92 Å². The third-order valence-corrected chi connectivity index (χ3v) is 3.85. The lowest BCUT2D eigenvalue weighted by Crippen LogP contribution is -2.36. The van der Waals surface area contributed by atoms with Crippen LogP contribution in [0.2, 0.25) is 0 Å². The maximum absolute atomic E-state index is 5.40. The SMILES string of the molecule is CCOc1nc(NN)nc(N(C)C2CCC(C)CC2)n1. The van der Waals surface area contributed by atoms with Gasteiger partial charge in [-0.05, 0) is 38.5 Å². The molecule has 0 aliphatic heterocycles. The van der Waals surface area contributed by atoms with E-state index in [-0.39, 0.29) is 0 Å². The number of nitrogens with zero attached hydrogens (tertiary/aromatic N) is 4. The molecule has 0 unspecified atom stereocenters. The summed E-state index contributed by atoms with van der Waals surface area (Å²) in [5, 5.41) is 0. The smallest absolute Gasteiger partial charge is 0.323 e. The number of hydrogen-bond acceptors (Lipinski definition) is 7. The summed E-state index contributed by atoms with van der Waals surface area (Å²) in [5.41, 5.74) is 2.46. The van der Waals surface area contributed by atoms with Crippen LogP contribution in [-0.4, -0.2) is 34.6 Å². The van der Waals surface area contributed by atoms with E-state index in [1.54, 1.807) is 0 Å². The van der Waals surface area contributed by atoms with Crippen LogP contribution in [0, 0.1) is 5.92 Å². The van der Waals surface area contributed by atoms with Crippen molar-refractivity contribution < 1.29 is 4.74 Å². The predicted octanol–water partition coefficient (Wildman–Crippen LogP) is 1.57. The van der Waals surface area contributed by atoms with Crippen LogP contribution >= 0.6 is 0 Å². The van der Waals surface area contributed by atoms with Crippen molar-refractivity contribution in [3.63, 3.8) is 0 Å². The van der Waals surface area contributed by atoms with Gasteiger partial charge in [0.25, 0.3) is 0 Å². The van der Waals surface area contributed by atoms with Crippen LogP contribution in [-0.2, 0) is 0 Å². The van der Waals surface area contributed by atoms with E-state index < -0.39 is 0 Å². The van der Waals surface area contributed by atoms with Crippen LogP contribution in [0.4, 0.5) is 11.9 Å². The molecule has 0 spiro atoms. The topological polar surface area (TPSA) is 89.2 Å². The number of aromatic nitrogens is 3. The van der Waals surface area contributed by atoms with Crippen molar-refractivity contribution in [3.8, 4) is 6.01 Å². The van der Waals surface area contributed by atoms with Gasteiger partial charge in [0.15, 0.2) is 0 Å². The summed E-state index contributed by atoms with van der Waals surface area (Å²) in [6, 6.07) is 0.773. The second-order valence-corrected chi connectivity index (χ2v) is 5.34. The number of nitrogens with one attached hydrogen (secondary N) is 1. The quantitative estimate of drug-likeness (QED) is 0.625. The van der Waals surface area contributed by atoms with Gasteiger partial charge < -0.3 is 9.64 Å². The van der Waals surface area contributed by atoms with Gasteiger partial charge in [-0.3, -0.25) is 5.43 Å². The Labute approximate surface area is 119 Å². The zero-order valence-electron chi connectivity index (χ0n) is 12.5. The maximum atomic E-state index is 5.40. The Balaban J connectivity index is 2.15. The zero-order chi connectivity index (χ0) is 14.5. The van der Waals surface area contributed by atoms with E-state index in [4.69, 9.17) is 10.6 Å². The van der Waals surface area contributed by atoms with E-state index in [0.29, 0.717) is 30.6 Å². The Kier molecular flexibility index (Phi) is 4.94. The fourth-order valence-corrected chi connectivity index (χ4v) is 2.55. The van der Waals surface area contributed by atoms with Crippen LogP contribution in [0.3, 0.4) is 0 Å². The second kappa shape index (κ2) is 6.69. The van der Waals surface area contributed by atoms with Gasteiger partial charge in [0.2, 0.25) is 11.9 Å². The molecule has 1 aromatic rings. The number of nitrogen functional groups attached to an aromatic ring is 1. The van der Waals surface area contributed by atoms with Gasteiger partial charge in [-0.15, -0.1) is 0 Å². The fraction of sp³-hybridized carbons (Fsp3) is 0.769. The molecule has 112 valence electrons. The van der Waals surface area contributed by atoms with Gasteiger partial charge >= 0.3 is 6.01 Å². The highest BCUT2D eigenvalue weighted by Gasteiger charge is 2.24. The Morgan fingerprint density at radius 2 is 1.95 bits per heavy atom. The Bertz CT molecular complexity index is 433. The number of anilines is 2. The van der Waals surface area contributed by atoms with Gasteiger partial charge in [-0.2, -0.15) is 15.0 Å². The summed E-state index contributed by atoms with van der Waals surface area (Å²) in [4.78, 5) is 14.8. The largest absolute Gasteiger partial charge is 0.464 e. The summed E-state index contributed by atoms with van der Waals surface area (Å²) in [5.74, 6) is 7.16. The summed E-state index contributed by atoms with van der Waals surface area (Å²) in [6.45, 7) is 4.71. The van der Waals surface area contributed by atoms with Crippen molar-refractivity contribution in [2.45, 2.75) is 45.6 Å². The van der Waals surface area contributed by atoms with Crippen molar-refractivity contribution in [3.05, 3.63) is 0 Å². The number of ether oxygens (including phenoxy) is 1. The van der Waals surface area contributed by atoms with E-state index in [2.05, 4.69) is 32.2 Å². The van der Waals surface area contributed by atoms with Crippen LogP contribution in [0.25, 0.3) is 0 Å². The van der Waals surface area contributed by atoms with Crippen molar-refractivity contribution in [1.29, 1.82) is 0 Å². The van der Waals surface area contributed by atoms with Crippen LogP contribution in [0.15, 0.2) is 0 Å². The first-order valence-electron chi connectivity index (χ1n) is 7.22. The fourth-order valence-electron chi connectivity index (χ4n) is 2.55. The highest BCUT2D eigenvalue weighted by atomic mass is 16.5. The first-order valence-corrected chi connectivity index (χ1v) is 7.22. The van der Waals surface area contributed by atoms with Crippen molar-refractivity contribution in [2.24, 2.45) is 11.8 Å². The molecule has 1 aliphatic rings. The summed E-state index contributed by atoms with van der Waals surface area (Å²) < 4.78 is 5.36. The normalized spacial score (nSPS) is 22.4. The first-order chi connectivity index (χ1) is 9.63. The highest BCUT2D eigenvalue weighted by molar-refractivity contribution is 5.38. The molecule has 20 heavy (non-hydrogen) atoms. The zero-order valence-corrected chi connectivity index (χ0v) is 12.5. The monoisotopic (exact) mass is 280 g/mol. The van der Waals surface area contributed by atoms with E-state index in [1.807, 2.05) is 14.0 Å². The van der Waals surface area contributed by atoms with Gasteiger partial charge in [0, 0.05) is 13.1 Å². The van der Waals surface area contributed by atoms with Gasteiger partial charge in [0.1, 0.15) is 0 Å². The van der Waals surface area contributed by atoms with E-state index in [1.165, 1.54) is 25.7 Å². The van der Waals surface area contributed by atoms with Crippen LogP contribution in [0.5, 0.6) is 6.01 Å². The standard InChI is InChI=1S/C13H24N6O/c1-4-20-13-16-11(18-14)15-12(17-13)19(3)10-7-5-9(2)6-8-10/h9-10H,4-8,14H2,1-3H3,(H,15,16,17,18). The molecule has 3 N–H and O–H groups in total. The molecular formula is C13H24N6O. The lowest BCUT2D eigenvalue weighted by Gasteiger charge is -2.33. The number of hydrogen-bond donors (Lipinski definition) is 2. The lowest BCUT2D eigenvalue weighted by atomic mass is 9.87. The summed E-state index contributed by atoms with van der Waals surface area (Å²) in [6.07, 6.45) is 4.83. The van der Waals surface area contributed by atoms with Crippen molar-refractivity contribution in [2.75, 3.05) is 24.0 Å². The average Bonchev–Trinajstić information content (AvgIpc) is 2.47. The molecule has 1 fully saturated rings. The molecule has 1 aromatic heterocycles. The molecule has 1 saturated carbocycles. The van der Waals surface area contributed by atoms with Gasteiger partial charge in [0.05, 0.1) is 6.61 Å². The molecule has 7 heteroatoms. The van der Waals surface area contributed by atoms with Crippen LogP contribution < -0.4 is 20.9 Å². The average molecular weight is 280 g/mol. The van der Waals surface area contributed by atoms with Crippen molar-refractivity contribution in [1.82, 2.24) is 15.0 Å².